The van der Waals surface area contributed by atoms with Crippen LogP contribution in [0.1, 0.15) is 5.56 Å². The number of aromatic nitrogens is 2. The van der Waals surface area contributed by atoms with Crippen molar-refractivity contribution in [3.05, 3.63) is 52.5 Å². The molecule has 1 N–H and O–H groups in total. The standard InChI is InChI=1S/C10H9Cl2N2O/c11-9-2-1-8(10(12)5-9)6-13-3-4-14(15)7-13/h1-5,7,15H,6H2/q+1. The number of halogens is 2. The van der Waals surface area contributed by atoms with Gasteiger partial charge in [0.25, 0.3) is 6.33 Å². The molecule has 78 valence electrons. The molecule has 1 aromatic heterocycles. The molecule has 0 spiro atoms. The van der Waals surface area contributed by atoms with E-state index in [-0.39, 0.29) is 0 Å². The molecule has 0 saturated heterocycles. The molecule has 0 aliphatic rings. The van der Waals surface area contributed by atoms with E-state index in [9.17, 15) is 0 Å². The van der Waals surface area contributed by atoms with Gasteiger partial charge in [-0.1, -0.05) is 34.0 Å². The molecule has 2 aromatic rings. The van der Waals surface area contributed by atoms with Gasteiger partial charge in [0.15, 0.2) is 6.20 Å². The van der Waals surface area contributed by atoms with Crippen LogP contribution in [0.15, 0.2) is 36.9 Å². The van der Waals surface area contributed by atoms with Crippen molar-refractivity contribution in [2.75, 3.05) is 0 Å². The molecule has 0 aliphatic heterocycles. The van der Waals surface area contributed by atoms with Crippen molar-refractivity contribution in [1.29, 1.82) is 0 Å². The Morgan fingerprint density at radius 3 is 2.73 bits per heavy atom. The summed E-state index contributed by atoms with van der Waals surface area (Å²) in [5.41, 5.74) is 0.956. The van der Waals surface area contributed by atoms with Gasteiger partial charge in [0.1, 0.15) is 12.7 Å². The Morgan fingerprint density at radius 1 is 1.33 bits per heavy atom. The van der Waals surface area contributed by atoms with Crippen molar-refractivity contribution in [2.45, 2.75) is 6.54 Å². The van der Waals surface area contributed by atoms with E-state index in [1.807, 2.05) is 10.6 Å². The molecule has 5 heteroatoms. The van der Waals surface area contributed by atoms with Crippen LogP contribution in [0.2, 0.25) is 10.0 Å². The minimum atomic E-state index is 0.601. The summed E-state index contributed by atoms with van der Waals surface area (Å²) < 4.78 is 2.80. The van der Waals surface area contributed by atoms with Crippen LogP contribution in [0.5, 0.6) is 0 Å². The van der Waals surface area contributed by atoms with Crippen LogP contribution in [0, 0.1) is 0 Å². The second kappa shape index (κ2) is 4.13. The maximum atomic E-state index is 9.09. The van der Waals surface area contributed by atoms with Crippen LogP contribution in [0.4, 0.5) is 0 Å². The Labute approximate surface area is 97.1 Å². The van der Waals surface area contributed by atoms with Gasteiger partial charge in [-0.25, -0.2) is 4.57 Å². The summed E-state index contributed by atoms with van der Waals surface area (Å²) in [7, 11) is 0. The summed E-state index contributed by atoms with van der Waals surface area (Å²) in [5.74, 6) is 0. The second-order valence-corrected chi connectivity index (χ2v) is 4.05. The molecule has 0 unspecified atom stereocenters. The lowest BCUT2D eigenvalue weighted by atomic mass is 10.2. The lowest BCUT2D eigenvalue weighted by Crippen LogP contribution is -2.31. The van der Waals surface area contributed by atoms with E-state index >= 15 is 0 Å². The highest BCUT2D eigenvalue weighted by molar-refractivity contribution is 6.35. The highest BCUT2D eigenvalue weighted by atomic mass is 35.5. The zero-order chi connectivity index (χ0) is 10.8. The first-order valence-electron chi connectivity index (χ1n) is 4.35. The maximum Gasteiger partial charge on any atom is 0.284 e. The van der Waals surface area contributed by atoms with Crippen molar-refractivity contribution >= 4 is 23.2 Å². The third-order valence-electron chi connectivity index (χ3n) is 2.05. The summed E-state index contributed by atoms with van der Waals surface area (Å²) in [6.07, 6.45) is 4.86. The molecule has 0 bridgehead atoms. The zero-order valence-corrected chi connectivity index (χ0v) is 9.28. The Kier molecular flexibility index (Phi) is 2.84. The van der Waals surface area contributed by atoms with Crippen molar-refractivity contribution in [1.82, 2.24) is 4.73 Å². The molecular formula is C10H9Cl2N2O+. The first-order chi connectivity index (χ1) is 7.15. The van der Waals surface area contributed by atoms with Gasteiger partial charge in [0.2, 0.25) is 0 Å². The molecule has 15 heavy (non-hydrogen) atoms. The van der Waals surface area contributed by atoms with E-state index in [0.29, 0.717) is 16.6 Å². The molecule has 1 heterocycles. The predicted molar refractivity (Wildman–Crippen MR) is 57.4 cm³/mol. The van der Waals surface area contributed by atoms with Crippen LogP contribution in [0.3, 0.4) is 0 Å². The lowest BCUT2D eigenvalue weighted by Gasteiger charge is -2.01. The molecule has 2 rings (SSSR count). The van der Waals surface area contributed by atoms with Gasteiger partial charge in [0, 0.05) is 15.6 Å². The molecule has 0 radical (unpaired) electrons. The SMILES string of the molecule is On1cc[n+](Cc2ccc(Cl)cc2Cl)c1. The Bertz CT molecular complexity index is 482. The van der Waals surface area contributed by atoms with E-state index in [1.165, 1.54) is 0 Å². The van der Waals surface area contributed by atoms with Crippen LogP contribution in [0.25, 0.3) is 0 Å². The Morgan fingerprint density at radius 2 is 2.13 bits per heavy atom. The van der Waals surface area contributed by atoms with E-state index in [4.69, 9.17) is 28.4 Å². The monoisotopic (exact) mass is 243 g/mol. The van der Waals surface area contributed by atoms with E-state index in [2.05, 4.69) is 0 Å². The van der Waals surface area contributed by atoms with Gasteiger partial charge in [-0.2, -0.15) is 0 Å². The third-order valence-corrected chi connectivity index (χ3v) is 2.63. The Balaban J connectivity index is 2.24. The molecular weight excluding hydrogens is 235 g/mol. The number of benzene rings is 1. The molecule has 1 aromatic carbocycles. The summed E-state index contributed by atoms with van der Waals surface area (Å²) in [4.78, 5) is 0. The van der Waals surface area contributed by atoms with Gasteiger partial charge < -0.3 is 5.21 Å². The van der Waals surface area contributed by atoms with Gasteiger partial charge in [-0.15, -0.1) is 0 Å². The average Bonchev–Trinajstić information content (AvgIpc) is 2.56. The fraction of sp³-hybridized carbons (Fsp3) is 0.100. The molecule has 0 fully saturated rings. The van der Waals surface area contributed by atoms with Crippen LogP contribution in [-0.4, -0.2) is 9.94 Å². The fourth-order valence-corrected chi connectivity index (χ4v) is 1.79. The maximum absolute atomic E-state index is 9.09. The fourth-order valence-electron chi connectivity index (χ4n) is 1.32. The van der Waals surface area contributed by atoms with Crippen molar-refractivity contribution in [2.24, 2.45) is 0 Å². The topological polar surface area (TPSA) is 29.0 Å². The van der Waals surface area contributed by atoms with Crippen molar-refractivity contribution in [3.63, 3.8) is 0 Å². The summed E-state index contributed by atoms with van der Waals surface area (Å²) in [5, 5.41) is 10.3. The quantitative estimate of drug-likeness (QED) is 0.637. The molecule has 3 nitrogen and oxygen atoms in total. The number of hydrogen-bond donors (Lipinski definition) is 1. The van der Waals surface area contributed by atoms with Crippen LogP contribution in [-0.2, 0) is 6.54 Å². The molecule has 0 atom stereocenters. The first kappa shape index (κ1) is 10.3. The van der Waals surface area contributed by atoms with Crippen LogP contribution < -0.4 is 4.57 Å². The summed E-state index contributed by atoms with van der Waals surface area (Å²) >= 11 is 11.8. The zero-order valence-electron chi connectivity index (χ0n) is 7.77. The number of nitrogens with zero attached hydrogens (tertiary/aromatic N) is 2. The molecule has 0 saturated carbocycles. The highest BCUT2D eigenvalue weighted by Crippen LogP contribution is 2.20. The minimum Gasteiger partial charge on any atom is -0.350 e. The van der Waals surface area contributed by atoms with Crippen LogP contribution >= 0.6 is 23.2 Å². The normalized spacial score (nSPS) is 10.5. The summed E-state index contributed by atoms with van der Waals surface area (Å²) in [6, 6.07) is 5.36. The third kappa shape index (κ3) is 2.43. The number of rotatable bonds is 2. The number of hydrogen-bond acceptors (Lipinski definition) is 1. The first-order valence-corrected chi connectivity index (χ1v) is 5.11. The molecule has 0 amide bonds. The van der Waals surface area contributed by atoms with E-state index in [0.717, 1.165) is 10.3 Å². The Hall–Kier alpha value is -1.19. The average molecular weight is 244 g/mol. The van der Waals surface area contributed by atoms with E-state index in [1.54, 1.807) is 30.9 Å². The summed E-state index contributed by atoms with van der Waals surface area (Å²) in [6.45, 7) is 0.601. The van der Waals surface area contributed by atoms with Crippen molar-refractivity contribution in [3.8, 4) is 0 Å². The van der Waals surface area contributed by atoms with Crippen molar-refractivity contribution < 1.29 is 9.77 Å². The van der Waals surface area contributed by atoms with E-state index < -0.39 is 0 Å². The highest BCUT2D eigenvalue weighted by Gasteiger charge is 2.06. The lowest BCUT2D eigenvalue weighted by molar-refractivity contribution is -0.688. The van der Waals surface area contributed by atoms with Gasteiger partial charge in [-0.05, 0) is 12.1 Å². The number of imidazole rings is 1. The van der Waals surface area contributed by atoms with Gasteiger partial charge in [0.05, 0.1) is 0 Å². The largest absolute Gasteiger partial charge is 0.350 e. The van der Waals surface area contributed by atoms with Gasteiger partial charge in [-0.3, -0.25) is 0 Å². The smallest absolute Gasteiger partial charge is 0.284 e. The minimum absolute atomic E-state index is 0.601. The second-order valence-electron chi connectivity index (χ2n) is 3.20. The molecule has 0 aliphatic carbocycles. The predicted octanol–water partition coefficient (Wildman–Crippen LogP) is 2.37. The van der Waals surface area contributed by atoms with Gasteiger partial charge >= 0.3 is 0 Å².